The first-order chi connectivity index (χ1) is 9.72. The van der Waals surface area contributed by atoms with Crippen molar-refractivity contribution in [1.82, 2.24) is 10.2 Å². The molecular weight excluding hydrogens is 259 g/mol. The Kier molecular flexibility index (Phi) is 3.87. The zero-order valence-corrected chi connectivity index (χ0v) is 11.3. The van der Waals surface area contributed by atoms with E-state index in [0.29, 0.717) is 19.0 Å². The quantitative estimate of drug-likeness (QED) is 0.921. The summed E-state index contributed by atoms with van der Waals surface area (Å²) in [4.78, 5) is 13.6. The van der Waals surface area contributed by atoms with E-state index in [4.69, 9.17) is 4.74 Å². The van der Waals surface area contributed by atoms with Crippen molar-refractivity contribution in [2.24, 2.45) is 5.92 Å². The van der Waals surface area contributed by atoms with Crippen molar-refractivity contribution < 1.29 is 13.9 Å². The topological polar surface area (TPSA) is 41.6 Å². The molecule has 20 heavy (non-hydrogen) atoms. The molecule has 0 aromatic heterocycles. The van der Waals surface area contributed by atoms with Crippen LogP contribution in [0.3, 0.4) is 0 Å². The van der Waals surface area contributed by atoms with Gasteiger partial charge in [0.25, 0.3) is 0 Å². The summed E-state index contributed by atoms with van der Waals surface area (Å²) < 4.78 is 18.6. The summed E-state index contributed by atoms with van der Waals surface area (Å²) in [5.74, 6) is 0.169. The summed E-state index contributed by atoms with van der Waals surface area (Å²) in [6.07, 6.45) is 1.80. The number of piperidine rings is 1. The average molecular weight is 278 g/mol. The van der Waals surface area contributed by atoms with Crippen LogP contribution in [0.4, 0.5) is 9.18 Å². The number of carbonyl (C=O) groups is 1. The van der Waals surface area contributed by atoms with Crippen LogP contribution in [0.2, 0.25) is 0 Å². The summed E-state index contributed by atoms with van der Waals surface area (Å²) >= 11 is 0. The van der Waals surface area contributed by atoms with E-state index in [1.165, 1.54) is 12.1 Å². The van der Waals surface area contributed by atoms with Crippen molar-refractivity contribution in [1.29, 1.82) is 0 Å². The molecule has 1 N–H and O–H groups in total. The molecule has 108 valence electrons. The first-order valence-electron chi connectivity index (χ1n) is 7.13. The van der Waals surface area contributed by atoms with E-state index in [0.717, 1.165) is 31.5 Å². The Morgan fingerprint density at radius 1 is 1.35 bits per heavy atom. The number of hydrogen-bond donors (Lipinski definition) is 1. The van der Waals surface area contributed by atoms with Crippen LogP contribution in [-0.4, -0.2) is 36.7 Å². The van der Waals surface area contributed by atoms with E-state index in [1.54, 1.807) is 11.0 Å². The van der Waals surface area contributed by atoms with Crippen LogP contribution >= 0.6 is 0 Å². The van der Waals surface area contributed by atoms with Crippen LogP contribution in [-0.2, 0) is 11.3 Å². The van der Waals surface area contributed by atoms with Gasteiger partial charge in [0.05, 0.1) is 6.54 Å². The summed E-state index contributed by atoms with van der Waals surface area (Å²) in [6, 6.07) is 6.36. The van der Waals surface area contributed by atoms with Gasteiger partial charge in [0.15, 0.2) is 0 Å². The largest absolute Gasteiger partial charge is 0.444 e. The number of nitrogens with one attached hydrogen (secondary N) is 1. The molecule has 2 saturated heterocycles. The molecule has 0 radical (unpaired) electrons. The van der Waals surface area contributed by atoms with E-state index in [-0.39, 0.29) is 18.0 Å². The van der Waals surface area contributed by atoms with E-state index in [1.807, 2.05) is 6.07 Å². The molecule has 2 aliphatic heterocycles. The molecule has 2 fully saturated rings. The van der Waals surface area contributed by atoms with Crippen LogP contribution in [0, 0.1) is 11.7 Å². The molecule has 4 nitrogen and oxygen atoms in total. The molecule has 2 heterocycles. The molecule has 0 aliphatic carbocycles. The molecular formula is C15H19FN2O2. The van der Waals surface area contributed by atoms with Gasteiger partial charge in [-0.25, -0.2) is 9.18 Å². The van der Waals surface area contributed by atoms with Crippen LogP contribution < -0.4 is 5.32 Å². The van der Waals surface area contributed by atoms with Crippen LogP contribution in [0.1, 0.15) is 18.4 Å². The monoisotopic (exact) mass is 278 g/mol. The van der Waals surface area contributed by atoms with Crippen LogP contribution in [0.25, 0.3) is 0 Å². The van der Waals surface area contributed by atoms with Gasteiger partial charge in [-0.15, -0.1) is 0 Å². The Hall–Kier alpha value is -1.62. The van der Waals surface area contributed by atoms with Gasteiger partial charge in [-0.05, 0) is 43.6 Å². The smallest absolute Gasteiger partial charge is 0.410 e. The molecule has 2 aliphatic rings. The molecule has 0 spiro atoms. The first kappa shape index (κ1) is 13.4. The van der Waals surface area contributed by atoms with Gasteiger partial charge < -0.3 is 15.0 Å². The van der Waals surface area contributed by atoms with E-state index in [2.05, 4.69) is 5.32 Å². The lowest BCUT2D eigenvalue weighted by molar-refractivity contribution is 0.0905. The van der Waals surface area contributed by atoms with Gasteiger partial charge in [-0.2, -0.15) is 0 Å². The minimum absolute atomic E-state index is 0.0156. The van der Waals surface area contributed by atoms with Gasteiger partial charge in [0, 0.05) is 12.5 Å². The number of ether oxygens (including phenoxy) is 1. The van der Waals surface area contributed by atoms with E-state index in [9.17, 15) is 9.18 Å². The van der Waals surface area contributed by atoms with Gasteiger partial charge in [-0.3, -0.25) is 0 Å². The Balaban J connectivity index is 1.62. The van der Waals surface area contributed by atoms with Gasteiger partial charge >= 0.3 is 6.09 Å². The fourth-order valence-electron chi connectivity index (χ4n) is 2.98. The Morgan fingerprint density at radius 3 is 2.90 bits per heavy atom. The number of halogens is 1. The normalized spacial score (nSPS) is 23.9. The maximum Gasteiger partial charge on any atom is 0.410 e. The van der Waals surface area contributed by atoms with Gasteiger partial charge in [-0.1, -0.05) is 12.1 Å². The van der Waals surface area contributed by atoms with E-state index < -0.39 is 0 Å². The lowest BCUT2D eigenvalue weighted by atomic mass is 9.92. The number of nitrogens with zero attached hydrogens (tertiary/aromatic N) is 1. The molecule has 5 heteroatoms. The second kappa shape index (κ2) is 5.79. The minimum Gasteiger partial charge on any atom is -0.444 e. The highest BCUT2D eigenvalue weighted by atomic mass is 19.1. The maximum absolute atomic E-state index is 13.2. The SMILES string of the molecule is O=C1OC(C2CCNCC2)CN1Cc1cccc(F)c1. The second-order valence-electron chi connectivity index (χ2n) is 5.52. The number of amides is 1. The lowest BCUT2D eigenvalue weighted by Gasteiger charge is -2.26. The van der Waals surface area contributed by atoms with Crippen molar-refractivity contribution in [3.63, 3.8) is 0 Å². The average Bonchev–Trinajstić information content (AvgIpc) is 2.81. The van der Waals surface area contributed by atoms with Gasteiger partial charge in [0.1, 0.15) is 11.9 Å². The van der Waals surface area contributed by atoms with Crippen molar-refractivity contribution in [3.05, 3.63) is 35.6 Å². The standard InChI is InChI=1S/C15H19FN2O2/c16-13-3-1-2-11(8-13)9-18-10-14(20-15(18)19)12-4-6-17-7-5-12/h1-3,8,12,14,17H,4-7,9-10H2. The number of cyclic esters (lactones) is 1. The molecule has 3 rings (SSSR count). The highest BCUT2D eigenvalue weighted by molar-refractivity contribution is 5.70. The fraction of sp³-hybridized carbons (Fsp3) is 0.533. The zero-order valence-electron chi connectivity index (χ0n) is 11.3. The molecule has 1 unspecified atom stereocenters. The Bertz CT molecular complexity index is 489. The molecule has 1 aromatic rings. The Morgan fingerprint density at radius 2 is 2.15 bits per heavy atom. The predicted molar refractivity (Wildman–Crippen MR) is 72.7 cm³/mol. The molecule has 1 aromatic carbocycles. The molecule has 1 atom stereocenters. The first-order valence-corrected chi connectivity index (χ1v) is 7.13. The summed E-state index contributed by atoms with van der Waals surface area (Å²) in [5, 5.41) is 3.31. The highest BCUT2D eigenvalue weighted by Crippen LogP contribution is 2.26. The van der Waals surface area contributed by atoms with Crippen molar-refractivity contribution in [2.75, 3.05) is 19.6 Å². The number of benzene rings is 1. The molecule has 0 saturated carbocycles. The van der Waals surface area contributed by atoms with Crippen molar-refractivity contribution >= 4 is 6.09 Å². The van der Waals surface area contributed by atoms with E-state index >= 15 is 0 Å². The maximum atomic E-state index is 13.2. The summed E-state index contributed by atoms with van der Waals surface area (Å²) in [5.41, 5.74) is 0.799. The zero-order chi connectivity index (χ0) is 13.9. The number of rotatable bonds is 3. The minimum atomic E-state index is -0.280. The summed E-state index contributed by atoms with van der Waals surface area (Å²) in [6.45, 7) is 3.00. The molecule has 1 amide bonds. The summed E-state index contributed by atoms with van der Waals surface area (Å²) in [7, 11) is 0. The van der Waals surface area contributed by atoms with Gasteiger partial charge in [0.2, 0.25) is 0 Å². The van der Waals surface area contributed by atoms with Crippen molar-refractivity contribution in [3.8, 4) is 0 Å². The number of carbonyl (C=O) groups excluding carboxylic acids is 1. The number of hydrogen-bond acceptors (Lipinski definition) is 3. The second-order valence-corrected chi connectivity index (χ2v) is 5.52. The highest BCUT2D eigenvalue weighted by Gasteiger charge is 2.36. The third-order valence-corrected chi connectivity index (χ3v) is 4.08. The lowest BCUT2D eigenvalue weighted by Crippen LogP contribution is -2.36. The third-order valence-electron chi connectivity index (χ3n) is 4.08. The van der Waals surface area contributed by atoms with Crippen molar-refractivity contribution in [2.45, 2.75) is 25.5 Å². The fourth-order valence-corrected chi connectivity index (χ4v) is 2.98. The third kappa shape index (κ3) is 2.93. The molecule has 0 bridgehead atoms. The van der Waals surface area contributed by atoms with Crippen LogP contribution in [0.5, 0.6) is 0 Å². The Labute approximate surface area is 117 Å². The predicted octanol–water partition coefficient (Wildman–Crippen LogP) is 2.15. The van der Waals surface area contributed by atoms with Crippen LogP contribution in [0.15, 0.2) is 24.3 Å².